The SMILES string of the molecule is Cc1cccc(N2CN(CC3CCCO3)Cn3c2nc(C)c(C)c3=O)c1. The summed E-state index contributed by atoms with van der Waals surface area (Å²) >= 11 is 0. The van der Waals surface area contributed by atoms with E-state index in [0.29, 0.717) is 13.3 Å². The van der Waals surface area contributed by atoms with Gasteiger partial charge in [-0.05, 0) is 51.3 Å². The smallest absolute Gasteiger partial charge is 0.259 e. The van der Waals surface area contributed by atoms with Gasteiger partial charge in [-0.2, -0.15) is 0 Å². The summed E-state index contributed by atoms with van der Waals surface area (Å²) in [5.41, 5.74) is 3.81. The summed E-state index contributed by atoms with van der Waals surface area (Å²) in [6.07, 6.45) is 2.47. The van der Waals surface area contributed by atoms with Gasteiger partial charge in [0.2, 0.25) is 5.95 Å². The van der Waals surface area contributed by atoms with E-state index in [0.717, 1.165) is 48.9 Å². The van der Waals surface area contributed by atoms with Gasteiger partial charge in [0.05, 0.1) is 19.4 Å². The maximum atomic E-state index is 12.9. The Morgan fingerprint density at radius 2 is 2.08 bits per heavy atom. The second-order valence-electron chi connectivity index (χ2n) is 7.39. The zero-order valence-electron chi connectivity index (χ0n) is 15.7. The number of benzene rings is 1. The molecule has 0 N–H and O–H groups in total. The Morgan fingerprint density at radius 1 is 1.23 bits per heavy atom. The third kappa shape index (κ3) is 3.15. The van der Waals surface area contributed by atoms with Crippen LogP contribution < -0.4 is 10.5 Å². The lowest BCUT2D eigenvalue weighted by molar-refractivity contribution is 0.0584. The third-order valence-corrected chi connectivity index (χ3v) is 5.34. The van der Waals surface area contributed by atoms with Gasteiger partial charge in [-0.15, -0.1) is 0 Å². The number of anilines is 2. The molecule has 2 aliphatic rings. The number of ether oxygens (including phenoxy) is 1. The predicted octanol–water partition coefficient (Wildman–Crippen LogP) is 2.72. The molecule has 1 unspecified atom stereocenters. The first kappa shape index (κ1) is 17.2. The van der Waals surface area contributed by atoms with Crippen molar-refractivity contribution in [3.05, 3.63) is 51.4 Å². The fourth-order valence-electron chi connectivity index (χ4n) is 3.77. The van der Waals surface area contributed by atoms with Crippen LogP contribution in [0.5, 0.6) is 0 Å². The molecule has 0 radical (unpaired) electrons. The van der Waals surface area contributed by atoms with Gasteiger partial charge < -0.3 is 4.74 Å². The molecule has 2 aliphatic heterocycles. The van der Waals surface area contributed by atoms with Gasteiger partial charge in [-0.3, -0.25) is 19.2 Å². The molecule has 3 heterocycles. The fraction of sp³-hybridized carbons (Fsp3) is 0.500. The van der Waals surface area contributed by atoms with Crippen LogP contribution in [0.4, 0.5) is 11.6 Å². The summed E-state index contributed by atoms with van der Waals surface area (Å²) in [6, 6.07) is 8.35. The highest BCUT2D eigenvalue weighted by molar-refractivity contribution is 5.59. The zero-order valence-corrected chi connectivity index (χ0v) is 15.7. The maximum Gasteiger partial charge on any atom is 0.259 e. The topological polar surface area (TPSA) is 50.6 Å². The highest BCUT2D eigenvalue weighted by Crippen LogP contribution is 2.28. The summed E-state index contributed by atoms with van der Waals surface area (Å²) in [4.78, 5) is 22.1. The van der Waals surface area contributed by atoms with Crippen LogP contribution in [-0.4, -0.2) is 40.4 Å². The lowest BCUT2D eigenvalue weighted by Gasteiger charge is -2.39. The van der Waals surface area contributed by atoms with Crippen molar-refractivity contribution in [1.82, 2.24) is 14.5 Å². The molecular weight excluding hydrogens is 328 g/mol. The van der Waals surface area contributed by atoms with Crippen molar-refractivity contribution in [3.8, 4) is 0 Å². The Kier molecular flexibility index (Phi) is 4.54. The van der Waals surface area contributed by atoms with Crippen LogP contribution in [0.3, 0.4) is 0 Å². The molecule has 0 spiro atoms. The predicted molar refractivity (Wildman–Crippen MR) is 102 cm³/mol. The molecule has 1 aromatic heterocycles. The molecule has 1 atom stereocenters. The van der Waals surface area contributed by atoms with Gasteiger partial charge in [0, 0.05) is 30.1 Å². The van der Waals surface area contributed by atoms with Crippen molar-refractivity contribution in [3.63, 3.8) is 0 Å². The van der Waals surface area contributed by atoms with Crippen molar-refractivity contribution in [2.24, 2.45) is 0 Å². The Bertz CT molecular complexity index is 871. The van der Waals surface area contributed by atoms with Gasteiger partial charge in [0.15, 0.2) is 0 Å². The Morgan fingerprint density at radius 3 is 2.81 bits per heavy atom. The average Bonchev–Trinajstić information content (AvgIpc) is 3.13. The molecule has 138 valence electrons. The molecule has 1 fully saturated rings. The molecule has 0 aliphatic carbocycles. The van der Waals surface area contributed by atoms with Gasteiger partial charge >= 0.3 is 0 Å². The molecule has 1 aromatic carbocycles. The largest absolute Gasteiger partial charge is 0.377 e. The second-order valence-corrected chi connectivity index (χ2v) is 7.39. The zero-order chi connectivity index (χ0) is 18.3. The number of fused-ring (bicyclic) bond motifs is 1. The summed E-state index contributed by atoms with van der Waals surface area (Å²) in [7, 11) is 0. The van der Waals surface area contributed by atoms with Crippen molar-refractivity contribution in [2.75, 3.05) is 24.7 Å². The molecular formula is C20H26N4O2. The Balaban J connectivity index is 1.75. The molecule has 26 heavy (non-hydrogen) atoms. The minimum Gasteiger partial charge on any atom is -0.377 e. The Hall–Kier alpha value is -2.18. The second kappa shape index (κ2) is 6.85. The average molecular weight is 354 g/mol. The summed E-state index contributed by atoms with van der Waals surface area (Å²) in [6.45, 7) is 8.79. The highest BCUT2D eigenvalue weighted by Gasteiger charge is 2.29. The van der Waals surface area contributed by atoms with Gasteiger partial charge in [0.1, 0.15) is 0 Å². The Labute approximate surface area is 154 Å². The number of aromatic nitrogens is 2. The fourth-order valence-corrected chi connectivity index (χ4v) is 3.77. The van der Waals surface area contributed by atoms with Gasteiger partial charge in [-0.1, -0.05) is 12.1 Å². The number of hydrogen-bond acceptors (Lipinski definition) is 5. The first-order valence-electron chi connectivity index (χ1n) is 9.29. The van der Waals surface area contributed by atoms with Crippen molar-refractivity contribution >= 4 is 11.6 Å². The van der Waals surface area contributed by atoms with E-state index in [9.17, 15) is 4.79 Å². The molecule has 6 nitrogen and oxygen atoms in total. The minimum absolute atomic E-state index is 0.0437. The lowest BCUT2D eigenvalue weighted by Crippen LogP contribution is -2.49. The van der Waals surface area contributed by atoms with E-state index in [1.54, 1.807) is 4.57 Å². The molecule has 0 bridgehead atoms. The summed E-state index contributed by atoms with van der Waals surface area (Å²) in [5, 5.41) is 0. The first-order chi connectivity index (χ1) is 12.5. The number of rotatable bonds is 3. The molecule has 6 heteroatoms. The first-order valence-corrected chi connectivity index (χ1v) is 9.29. The van der Waals surface area contributed by atoms with Crippen LogP contribution in [0.2, 0.25) is 0 Å². The normalized spacial score (nSPS) is 20.4. The van der Waals surface area contributed by atoms with E-state index in [4.69, 9.17) is 9.72 Å². The van der Waals surface area contributed by atoms with Crippen LogP contribution in [0.1, 0.15) is 29.7 Å². The van der Waals surface area contributed by atoms with Crippen LogP contribution in [0, 0.1) is 20.8 Å². The summed E-state index contributed by atoms with van der Waals surface area (Å²) in [5.74, 6) is 0.729. The van der Waals surface area contributed by atoms with Gasteiger partial charge in [0.25, 0.3) is 5.56 Å². The van der Waals surface area contributed by atoms with Crippen molar-refractivity contribution in [1.29, 1.82) is 0 Å². The van der Waals surface area contributed by atoms with E-state index in [2.05, 4.69) is 34.9 Å². The molecule has 0 amide bonds. The van der Waals surface area contributed by atoms with Crippen LogP contribution in [0.25, 0.3) is 0 Å². The van der Waals surface area contributed by atoms with Crippen molar-refractivity contribution < 1.29 is 4.74 Å². The maximum absolute atomic E-state index is 12.9. The van der Waals surface area contributed by atoms with E-state index in [-0.39, 0.29) is 11.7 Å². The third-order valence-electron chi connectivity index (χ3n) is 5.34. The number of hydrogen-bond donors (Lipinski definition) is 0. The molecule has 2 aromatic rings. The standard InChI is InChI=1S/C20H26N4O2/c1-14-6-4-7-17(10-14)23-12-22(11-18-8-5-9-26-18)13-24-19(25)15(2)16(3)21-20(23)24/h4,6-7,10,18H,5,8-9,11-13H2,1-3H3. The van der Waals surface area contributed by atoms with Crippen LogP contribution >= 0.6 is 0 Å². The molecule has 1 saturated heterocycles. The number of aryl methyl sites for hydroxylation is 2. The minimum atomic E-state index is 0.0437. The lowest BCUT2D eigenvalue weighted by atomic mass is 10.2. The van der Waals surface area contributed by atoms with E-state index in [1.165, 1.54) is 5.56 Å². The van der Waals surface area contributed by atoms with Gasteiger partial charge in [-0.25, -0.2) is 4.98 Å². The van der Waals surface area contributed by atoms with E-state index in [1.807, 2.05) is 19.9 Å². The highest BCUT2D eigenvalue weighted by atomic mass is 16.5. The molecule has 0 saturated carbocycles. The van der Waals surface area contributed by atoms with E-state index >= 15 is 0 Å². The van der Waals surface area contributed by atoms with Crippen LogP contribution in [-0.2, 0) is 11.4 Å². The summed E-state index contributed by atoms with van der Waals surface area (Å²) < 4.78 is 7.61. The molecule has 4 rings (SSSR count). The monoisotopic (exact) mass is 354 g/mol. The quantitative estimate of drug-likeness (QED) is 0.848. The number of nitrogens with zero attached hydrogens (tertiary/aromatic N) is 4. The van der Waals surface area contributed by atoms with Crippen LogP contribution in [0.15, 0.2) is 29.1 Å². The van der Waals surface area contributed by atoms with Crippen molar-refractivity contribution in [2.45, 2.75) is 46.4 Å². The van der Waals surface area contributed by atoms with E-state index < -0.39 is 0 Å².